The van der Waals surface area contributed by atoms with E-state index < -0.39 is 0 Å². The maximum absolute atomic E-state index is 6.16. The van der Waals surface area contributed by atoms with Crippen molar-refractivity contribution in [2.45, 2.75) is 31.8 Å². The fourth-order valence-corrected chi connectivity index (χ4v) is 2.47. The number of hydrogen-bond acceptors (Lipinski definition) is 3. The van der Waals surface area contributed by atoms with Gasteiger partial charge in [-0.15, -0.1) is 0 Å². The maximum atomic E-state index is 6.16. The zero-order valence-electron chi connectivity index (χ0n) is 9.56. The minimum absolute atomic E-state index is 0.265. The van der Waals surface area contributed by atoms with Gasteiger partial charge in [0.1, 0.15) is 0 Å². The van der Waals surface area contributed by atoms with Gasteiger partial charge in [0.05, 0.1) is 12.2 Å². The highest BCUT2D eigenvalue weighted by Crippen LogP contribution is 2.30. The van der Waals surface area contributed by atoms with E-state index in [0.717, 1.165) is 19.5 Å². The summed E-state index contributed by atoms with van der Waals surface area (Å²) in [6, 6.07) is 0.638. The van der Waals surface area contributed by atoms with E-state index in [0.29, 0.717) is 6.04 Å². The first-order valence-electron chi connectivity index (χ1n) is 5.70. The van der Waals surface area contributed by atoms with Gasteiger partial charge >= 0.3 is 0 Å². The number of aromatic nitrogens is 2. The highest BCUT2D eigenvalue weighted by atomic mass is 15.3. The second kappa shape index (κ2) is 4.33. The molecule has 1 aliphatic rings. The first kappa shape index (κ1) is 10.6. The van der Waals surface area contributed by atoms with E-state index in [2.05, 4.69) is 23.1 Å². The summed E-state index contributed by atoms with van der Waals surface area (Å²) in [5.41, 5.74) is 7.42. The van der Waals surface area contributed by atoms with Crippen molar-refractivity contribution in [3.63, 3.8) is 0 Å². The number of aryl methyl sites for hydroxylation is 1. The van der Waals surface area contributed by atoms with Crippen LogP contribution in [0.1, 0.15) is 31.4 Å². The van der Waals surface area contributed by atoms with E-state index in [9.17, 15) is 0 Å². The standard InChI is InChI=1S/C11H20N4/c1-3-5-15-6-4-10(12)11(15)9-7-13-14(2)8-9/h7-8,10-11H,3-6,12H2,1-2H3/t10-,11+/m0/s1. The van der Waals surface area contributed by atoms with Crippen LogP contribution in [0.2, 0.25) is 0 Å². The van der Waals surface area contributed by atoms with Gasteiger partial charge in [-0.25, -0.2) is 0 Å². The molecule has 1 aromatic heterocycles. The minimum Gasteiger partial charge on any atom is -0.326 e. The molecule has 0 bridgehead atoms. The second-order valence-electron chi connectivity index (χ2n) is 4.38. The highest BCUT2D eigenvalue weighted by molar-refractivity contribution is 5.15. The lowest BCUT2D eigenvalue weighted by atomic mass is 10.0. The average Bonchev–Trinajstić information content (AvgIpc) is 2.74. The van der Waals surface area contributed by atoms with Crippen molar-refractivity contribution < 1.29 is 0 Å². The monoisotopic (exact) mass is 208 g/mol. The van der Waals surface area contributed by atoms with Crippen molar-refractivity contribution in [2.75, 3.05) is 13.1 Å². The Morgan fingerprint density at radius 2 is 2.40 bits per heavy atom. The third kappa shape index (κ3) is 2.06. The molecule has 1 fully saturated rings. The summed E-state index contributed by atoms with van der Waals surface area (Å²) in [7, 11) is 1.95. The summed E-state index contributed by atoms with van der Waals surface area (Å²) in [6.45, 7) is 4.46. The Hall–Kier alpha value is -0.870. The summed E-state index contributed by atoms with van der Waals surface area (Å²) < 4.78 is 1.85. The predicted octanol–water partition coefficient (Wildman–Crippen LogP) is 0.904. The molecule has 0 saturated carbocycles. The van der Waals surface area contributed by atoms with Gasteiger partial charge in [-0.05, 0) is 19.4 Å². The number of likely N-dealkylation sites (tertiary alicyclic amines) is 1. The van der Waals surface area contributed by atoms with E-state index in [-0.39, 0.29) is 6.04 Å². The molecule has 4 nitrogen and oxygen atoms in total. The third-order valence-corrected chi connectivity index (χ3v) is 3.13. The summed E-state index contributed by atoms with van der Waals surface area (Å²) in [4.78, 5) is 2.47. The fourth-order valence-electron chi connectivity index (χ4n) is 2.47. The van der Waals surface area contributed by atoms with Crippen LogP contribution >= 0.6 is 0 Å². The van der Waals surface area contributed by atoms with E-state index >= 15 is 0 Å². The van der Waals surface area contributed by atoms with Crippen molar-refractivity contribution in [1.29, 1.82) is 0 Å². The smallest absolute Gasteiger partial charge is 0.0538 e. The van der Waals surface area contributed by atoms with Crippen molar-refractivity contribution >= 4 is 0 Å². The molecule has 4 heteroatoms. The molecule has 0 radical (unpaired) electrons. The van der Waals surface area contributed by atoms with Gasteiger partial charge in [0, 0.05) is 31.4 Å². The van der Waals surface area contributed by atoms with Crippen LogP contribution in [0.5, 0.6) is 0 Å². The summed E-state index contributed by atoms with van der Waals surface area (Å²) in [6.07, 6.45) is 6.31. The van der Waals surface area contributed by atoms with E-state index in [1.807, 2.05) is 17.9 Å². The molecule has 1 aliphatic heterocycles. The average molecular weight is 208 g/mol. The molecule has 0 amide bonds. The van der Waals surface area contributed by atoms with E-state index in [1.165, 1.54) is 12.0 Å². The SMILES string of the molecule is CCCN1CC[C@H](N)[C@H]1c1cnn(C)c1. The third-order valence-electron chi connectivity index (χ3n) is 3.13. The van der Waals surface area contributed by atoms with Crippen molar-refractivity contribution in [3.8, 4) is 0 Å². The van der Waals surface area contributed by atoms with Gasteiger partial charge in [0.2, 0.25) is 0 Å². The molecular weight excluding hydrogens is 188 g/mol. The number of hydrogen-bond donors (Lipinski definition) is 1. The van der Waals surface area contributed by atoms with Crippen LogP contribution in [0.25, 0.3) is 0 Å². The maximum Gasteiger partial charge on any atom is 0.0538 e. The van der Waals surface area contributed by atoms with Crippen LogP contribution in [-0.4, -0.2) is 33.8 Å². The van der Waals surface area contributed by atoms with Gasteiger partial charge in [-0.1, -0.05) is 6.92 Å². The van der Waals surface area contributed by atoms with Crippen molar-refractivity contribution in [2.24, 2.45) is 12.8 Å². The Labute approximate surface area is 91.1 Å². The Kier molecular flexibility index (Phi) is 3.07. The molecule has 1 saturated heterocycles. The van der Waals surface area contributed by atoms with Crippen LogP contribution < -0.4 is 5.73 Å². The molecule has 0 unspecified atom stereocenters. The second-order valence-corrected chi connectivity index (χ2v) is 4.38. The molecule has 2 N–H and O–H groups in total. The van der Waals surface area contributed by atoms with Crippen LogP contribution in [0.3, 0.4) is 0 Å². The molecule has 2 heterocycles. The quantitative estimate of drug-likeness (QED) is 0.803. The van der Waals surface area contributed by atoms with Crippen molar-refractivity contribution in [3.05, 3.63) is 18.0 Å². The predicted molar refractivity (Wildman–Crippen MR) is 60.4 cm³/mol. The molecule has 0 aliphatic carbocycles. The molecule has 84 valence electrons. The van der Waals surface area contributed by atoms with Gasteiger partial charge in [-0.3, -0.25) is 9.58 Å². The first-order chi connectivity index (χ1) is 7.22. The first-order valence-corrected chi connectivity index (χ1v) is 5.70. The number of rotatable bonds is 3. The van der Waals surface area contributed by atoms with Crippen LogP contribution in [0, 0.1) is 0 Å². The Bertz CT molecular complexity index is 318. The fraction of sp³-hybridized carbons (Fsp3) is 0.727. The van der Waals surface area contributed by atoms with Crippen LogP contribution in [0.4, 0.5) is 0 Å². The van der Waals surface area contributed by atoms with Gasteiger partial charge < -0.3 is 5.73 Å². The Morgan fingerprint density at radius 3 is 3.00 bits per heavy atom. The number of nitrogens with zero attached hydrogens (tertiary/aromatic N) is 3. The molecule has 0 aromatic carbocycles. The van der Waals surface area contributed by atoms with Crippen molar-refractivity contribution in [1.82, 2.24) is 14.7 Å². The van der Waals surface area contributed by atoms with Gasteiger partial charge in [-0.2, -0.15) is 5.10 Å². The summed E-state index contributed by atoms with van der Waals surface area (Å²) >= 11 is 0. The molecule has 1 aromatic rings. The van der Waals surface area contributed by atoms with Gasteiger partial charge in [0.25, 0.3) is 0 Å². The van der Waals surface area contributed by atoms with Crippen LogP contribution in [0.15, 0.2) is 12.4 Å². The number of nitrogens with two attached hydrogens (primary N) is 1. The van der Waals surface area contributed by atoms with E-state index in [1.54, 1.807) is 0 Å². The van der Waals surface area contributed by atoms with Crippen LogP contribution in [-0.2, 0) is 7.05 Å². The largest absolute Gasteiger partial charge is 0.326 e. The van der Waals surface area contributed by atoms with E-state index in [4.69, 9.17) is 5.73 Å². The summed E-state index contributed by atoms with van der Waals surface area (Å²) in [5.74, 6) is 0. The Balaban J connectivity index is 2.17. The molecular formula is C11H20N4. The summed E-state index contributed by atoms with van der Waals surface area (Å²) in [5, 5.41) is 4.22. The molecule has 0 spiro atoms. The zero-order valence-corrected chi connectivity index (χ0v) is 9.56. The zero-order chi connectivity index (χ0) is 10.8. The molecule has 2 atom stereocenters. The lowest BCUT2D eigenvalue weighted by Gasteiger charge is -2.25. The molecule has 15 heavy (non-hydrogen) atoms. The topological polar surface area (TPSA) is 47.1 Å². The lowest BCUT2D eigenvalue weighted by molar-refractivity contribution is 0.248. The molecule has 2 rings (SSSR count). The van der Waals surface area contributed by atoms with Gasteiger partial charge in [0.15, 0.2) is 0 Å². The minimum atomic E-state index is 0.265. The normalized spacial score (nSPS) is 27.4. The lowest BCUT2D eigenvalue weighted by Crippen LogP contribution is -2.32. The highest BCUT2D eigenvalue weighted by Gasteiger charge is 2.32. The Morgan fingerprint density at radius 1 is 1.60 bits per heavy atom.